The number of rotatable bonds is 6. The summed E-state index contributed by atoms with van der Waals surface area (Å²) in [4.78, 5) is 49.9. The molecule has 1 saturated heterocycles. The number of hydrogen-bond donors (Lipinski definition) is 2. The molecule has 3 N–H and O–H groups in total. The number of carbonyl (C=O) groups is 4. The first-order valence-electron chi connectivity index (χ1n) is 9.39. The fraction of sp³-hybridized carbons (Fsp3) is 0.182. The summed E-state index contributed by atoms with van der Waals surface area (Å²) < 4.78 is 11.1. The highest BCUT2D eigenvalue weighted by Crippen LogP contribution is 2.37. The van der Waals surface area contributed by atoms with Crippen molar-refractivity contribution in [3.05, 3.63) is 57.1 Å². The Morgan fingerprint density at radius 3 is 2.50 bits per heavy atom. The molecule has 1 aliphatic heterocycles. The zero-order chi connectivity index (χ0) is 23.6. The number of amides is 5. The van der Waals surface area contributed by atoms with Crippen LogP contribution in [0.15, 0.2) is 40.4 Å². The van der Waals surface area contributed by atoms with Crippen LogP contribution in [0, 0.1) is 13.8 Å². The summed E-state index contributed by atoms with van der Waals surface area (Å²) in [6.07, 6.45) is 1.34. The lowest BCUT2D eigenvalue weighted by Crippen LogP contribution is -2.54. The predicted molar refractivity (Wildman–Crippen MR) is 120 cm³/mol. The number of aryl methyl sites for hydroxylation is 2. The van der Waals surface area contributed by atoms with Crippen molar-refractivity contribution in [2.45, 2.75) is 13.8 Å². The standard InChI is InChI=1S/C22H20BrN3O6/c1-11-4-5-14(6-12(11)2)26-21(29)15(20(28)25-22(26)30)7-13-8-16(23)19(17(9-13)31-3)32-10-18(24)27/h4-9H,10H2,1-3H3,(H2,24,27)(H,25,28,30)/b15-7+. The van der Waals surface area contributed by atoms with E-state index in [1.54, 1.807) is 24.3 Å². The number of nitrogens with two attached hydrogens (primary N) is 1. The number of ether oxygens (including phenoxy) is 2. The average Bonchev–Trinajstić information content (AvgIpc) is 2.72. The van der Waals surface area contributed by atoms with Crippen LogP contribution < -0.4 is 25.4 Å². The maximum atomic E-state index is 13.1. The Balaban J connectivity index is 2.01. The smallest absolute Gasteiger partial charge is 0.335 e. The molecule has 0 unspecified atom stereocenters. The Labute approximate surface area is 192 Å². The SMILES string of the molecule is COc1cc(/C=C2\C(=O)NC(=O)N(c3ccc(C)c(C)c3)C2=O)cc(Br)c1OCC(N)=O. The van der Waals surface area contributed by atoms with Crippen LogP contribution in [0.4, 0.5) is 10.5 Å². The van der Waals surface area contributed by atoms with Crippen LogP contribution in [0.1, 0.15) is 16.7 Å². The van der Waals surface area contributed by atoms with Crippen LogP contribution >= 0.6 is 15.9 Å². The molecule has 3 rings (SSSR count). The summed E-state index contributed by atoms with van der Waals surface area (Å²) in [5.41, 5.74) is 7.55. The van der Waals surface area contributed by atoms with Crippen molar-refractivity contribution in [3.63, 3.8) is 0 Å². The molecule has 32 heavy (non-hydrogen) atoms. The third kappa shape index (κ3) is 4.65. The lowest BCUT2D eigenvalue weighted by molar-refractivity contribution is -0.123. The number of nitrogens with zero attached hydrogens (tertiary/aromatic N) is 1. The lowest BCUT2D eigenvalue weighted by atomic mass is 10.0. The molecule has 5 amide bonds. The topological polar surface area (TPSA) is 128 Å². The molecule has 1 aliphatic rings. The van der Waals surface area contributed by atoms with Crippen molar-refractivity contribution >= 4 is 51.4 Å². The van der Waals surface area contributed by atoms with Crippen molar-refractivity contribution in [2.24, 2.45) is 5.73 Å². The number of nitrogens with one attached hydrogen (secondary N) is 1. The molecule has 0 bridgehead atoms. The van der Waals surface area contributed by atoms with Crippen LogP contribution in [-0.4, -0.2) is 37.5 Å². The van der Waals surface area contributed by atoms with E-state index in [0.29, 0.717) is 15.7 Å². The van der Waals surface area contributed by atoms with Crippen molar-refractivity contribution in [1.29, 1.82) is 0 Å². The maximum absolute atomic E-state index is 13.1. The summed E-state index contributed by atoms with van der Waals surface area (Å²) in [6.45, 7) is 3.41. The van der Waals surface area contributed by atoms with Crippen molar-refractivity contribution in [1.82, 2.24) is 5.32 Å². The Kier molecular flexibility index (Phi) is 6.64. The molecule has 2 aromatic carbocycles. The molecule has 9 nitrogen and oxygen atoms in total. The summed E-state index contributed by atoms with van der Waals surface area (Å²) in [5.74, 6) is -1.75. The minimum atomic E-state index is -0.825. The Hall–Kier alpha value is -3.66. The number of urea groups is 1. The highest BCUT2D eigenvalue weighted by molar-refractivity contribution is 9.10. The van der Waals surface area contributed by atoms with Gasteiger partial charge in [-0.1, -0.05) is 6.07 Å². The van der Waals surface area contributed by atoms with Gasteiger partial charge in [0.2, 0.25) is 0 Å². The zero-order valence-electron chi connectivity index (χ0n) is 17.5. The molecule has 10 heteroatoms. The summed E-state index contributed by atoms with van der Waals surface area (Å²) in [5, 5.41) is 2.19. The monoisotopic (exact) mass is 501 g/mol. The molecular formula is C22H20BrN3O6. The molecule has 0 saturated carbocycles. The summed E-state index contributed by atoms with van der Waals surface area (Å²) >= 11 is 3.32. The van der Waals surface area contributed by atoms with E-state index < -0.39 is 23.8 Å². The second-order valence-electron chi connectivity index (χ2n) is 7.02. The van der Waals surface area contributed by atoms with Gasteiger partial charge in [0, 0.05) is 0 Å². The molecule has 0 aromatic heterocycles. The zero-order valence-corrected chi connectivity index (χ0v) is 19.1. The molecule has 1 heterocycles. The molecule has 2 aromatic rings. The van der Waals surface area contributed by atoms with E-state index in [2.05, 4.69) is 21.2 Å². The minimum absolute atomic E-state index is 0.234. The third-order valence-electron chi connectivity index (χ3n) is 4.77. The number of benzene rings is 2. The largest absolute Gasteiger partial charge is 0.493 e. The number of halogens is 1. The fourth-order valence-corrected chi connectivity index (χ4v) is 3.60. The van der Waals surface area contributed by atoms with Gasteiger partial charge in [0.1, 0.15) is 5.57 Å². The number of primary amides is 1. The van der Waals surface area contributed by atoms with Gasteiger partial charge in [-0.15, -0.1) is 0 Å². The molecule has 0 aliphatic carbocycles. The van der Waals surface area contributed by atoms with Crippen molar-refractivity contribution in [3.8, 4) is 11.5 Å². The van der Waals surface area contributed by atoms with Crippen LogP contribution in [0.2, 0.25) is 0 Å². The molecule has 1 fully saturated rings. The molecule has 0 radical (unpaired) electrons. The second-order valence-corrected chi connectivity index (χ2v) is 7.87. The van der Waals surface area contributed by atoms with E-state index in [-0.39, 0.29) is 23.7 Å². The number of hydrogen-bond acceptors (Lipinski definition) is 6. The predicted octanol–water partition coefficient (Wildman–Crippen LogP) is 2.61. The summed E-state index contributed by atoms with van der Waals surface area (Å²) in [7, 11) is 1.40. The molecular weight excluding hydrogens is 482 g/mol. The van der Waals surface area contributed by atoms with E-state index in [0.717, 1.165) is 16.0 Å². The van der Waals surface area contributed by atoms with Crippen molar-refractivity contribution < 1.29 is 28.7 Å². The number of anilines is 1. The average molecular weight is 502 g/mol. The second kappa shape index (κ2) is 9.23. The quantitative estimate of drug-likeness (QED) is 0.462. The van der Waals surface area contributed by atoms with E-state index in [4.69, 9.17) is 15.2 Å². The lowest BCUT2D eigenvalue weighted by Gasteiger charge is -2.27. The van der Waals surface area contributed by atoms with Gasteiger partial charge in [0.25, 0.3) is 17.7 Å². The Bertz CT molecular complexity index is 1170. The van der Waals surface area contributed by atoms with E-state index >= 15 is 0 Å². The number of barbiturate groups is 1. The van der Waals surface area contributed by atoms with Gasteiger partial charge in [0.15, 0.2) is 18.1 Å². The van der Waals surface area contributed by atoms with Crippen LogP contribution in [0.25, 0.3) is 6.08 Å². The van der Waals surface area contributed by atoms with Gasteiger partial charge in [-0.05, 0) is 76.8 Å². The van der Waals surface area contributed by atoms with Crippen molar-refractivity contribution in [2.75, 3.05) is 18.6 Å². The van der Waals surface area contributed by atoms with Gasteiger partial charge < -0.3 is 15.2 Å². The van der Waals surface area contributed by atoms with Crippen LogP contribution in [0.3, 0.4) is 0 Å². The first kappa shape index (κ1) is 23.0. The summed E-state index contributed by atoms with van der Waals surface area (Å²) in [6, 6.07) is 7.39. The number of imide groups is 2. The Morgan fingerprint density at radius 1 is 1.16 bits per heavy atom. The molecule has 0 atom stereocenters. The van der Waals surface area contributed by atoms with Gasteiger partial charge >= 0.3 is 6.03 Å². The van der Waals surface area contributed by atoms with Crippen LogP contribution in [0.5, 0.6) is 11.5 Å². The fourth-order valence-electron chi connectivity index (χ4n) is 3.03. The van der Waals surface area contributed by atoms with Gasteiger partial charge in [0.05, 0.1) is 17.3 Å². The molecule has 166 valence electrons. The highest BCUT2D eigenvalue weighted by Gasteiger charge is 2.37. The van der Waals surface area contributed by atoms with Gasteiger partial charge in [-0.25, -0.2) is 9.69 Å². The van der Waals surface area contributed by atoms with E-state index in [1.807, 2.05) is 13.8 Å². The maximum Gasteiger partial charge on any atom is 0.335 e. The van der Waals surface area contributed by atoms with Gasteiger partial charge in [-0.2, -0.15) is 0 Å². The number of methoxy groups -OCH3 is 1. The van der Waals surface area contributed by atoms with E-state index in [9.17, 15) is 19.2 Å². The third-order valence-corrected chi connectivity index (χ3v) is 5.36. The Morgan fingerprint density at radius 2 is 1.88 bits per heavy atom. The number of carbonyl (C=O) groups excluding carboxylic acids is 4. The van der Waals surface area contributed by atoms with E-state index in [1.165, 1.54) is 19.3 Å². The van der Waals surface area contributed by atoms with Gasteiger partial charge in [-0.3, -0.25) is 19.7 Å². The minimum Gasteiger partial charge on any atom is -0.493 e. The first-order valence-corrected chi connectivity index (χ1v) is 10.2. The van der Waals surface area contributed by atoms with Crippen LogP contribution in [-0.2, 0) is 14.4 Å². The highest BCUT2D eigenvalue weighted by atomic mass is 79.9. The first-order chi connectivity index (χ1) is 15.1. The normalized spacial score (nSPS) is 15.1. The molecule has 0 spiro atoms.